The number of nitrogens with zero attached hydrogens (tertiary/aromatic N) is 1. The van der Waals surface area contributed by atoms with Gasteiger partial charge < -0.3 is 0 Å². The second-order valence-electron chi connectivity index (χ2n) is 8.21. The normalized spacial score (nSPS) is 14.5. The van der Waals surface area contributed by atoms with Crippen molar-refractivity contribution >= 4 is 6.08 Å². The molecule has 140 valence electrons. The smallest absolute Gasteiger partial charge is 0.102 e. The van der Waals surface area contributed by atoms with Crippen LogP contribution in [0, 0.1) is 5.92 Å². The lowest BCUT2D eigenvalue weighted by Gasteiger charge is -2.44. The molecule has 2 aromatic rings. The van der Waals surface area contributed by atoms with Crippen molar-refractivity contribution in [2.75, 3.05) is 0 Å². The Kier molecular flexibility index (Phi) is 6.80. The molecule has 26 heavy (non-hydrogen) atoms. The van der Waals surface area contributed by atoms with Crippen LogP contribution in [-0.4, -0.2) is 10.6 Å². The lowest BCUT2D eigenvalue weighted by atomic mass is 9.91. The van der Waals surface area contributed by atoms with Crippen LogP contribution in [0.5, 0.6) is 0 Å². The molecule has 2 unspecified atom stereocenters. The molecule has 0 heterocycles. The van der Waals surface area contributed by atoms with Gasteiger partial charge in [-0.05, 0) is 50.3 Å². The van der Waals surface area contributed by atoms with Crippen LogP contribution in [0.3, 0.4) is 0 Å². The first-order valence-corrected chi connectivity index (χ1v) is 9.47. The molecular formula is C24H33NO. The van der Waals surface area contributed by atoms with Crippen molar-refractivity contribution < 1.29 is 4.84 Å². The Hall–Kier alpha value is -1.90. The zero-order valence-electron chi connectivity index (χ0n) is 17.1. The first-order chi connectivity index (χ1) is 12.2. The van der Waals surface area contributed by atoms with E-state index < -0.39 is 0 Å². The highest BCUT2D eigenvalue weighted by molar-refractivity contribution is 5.47. The highest BCUT2D eigenvalue weighted by Gasteiger charge is 2.34. The topological polar surface area (TPSA) is 12.5 Å². The van der Waals surface area contributed by atoms with Gasteiger partial charge in [-0.1, -0.05) is 81.1 Å². The zero-order chi connectivity index (χ0) is 19.3. The highest BCUT2D eigenvalue weighted by atomic mass is 16.7. The summed E-state index contributed by atoms with van der Waals surface area (Å²) in [5.41, 5.74) is 3.46. The van der Waals surface area contributed by atoms with Crippen LogP contribution < -0.4 is 0 Å². The molecule has 0 aliphatic carbocycles. The van der Waals surface area contributed by atoms with E-state index in [2.05, 4.69) is 102 Å². The fraction of sp³-hybridized carbons (Fsp3) is 0.417. The lowest BCUT2D eigenvalue weighted by molar-refractivity contribution is -0.272. The molecule has 0 aromatic heterocycles. The van der Waals surface area contributed by atoms with Crippen LogP contribution in [0.2, 0.25) is 0 Å². The molecular weight excluding hydrogens is 318 g/mol. The van der Waals surface area contributed by atoms with Crippen LogP contribution in [0.25, 0.3) is 6.08 Å². The number of hydrogen-bond acceptors (Lipinski definition) is 2. The second kappa shape index (κ2) is 8.66. The number of rotatable bonds is 7. The van der Waals surface area contributed by atoms with Gasteiger partial charge >= 0.3 is 0 Å². The summed E-state index contributed by atoms with van der Waals surface area (Å²) in [6, 6.07) is 19.2. The van der Waals surface area contributed by atoms with Crippen molar-refractivity contribution in [3.05, 3.63) is 77.9 Å². The van der Waals surface area contributed by atoms with E-state index in [1.165, 1.54) is 11.1 Å². The summed E-state index contributed by atoms with van der Waals surface area (Å²) >= 11 is 0. The quantitative estimate of drug-likeness (QED) is 0.507. The third-order valence-electron chi connectivity index (χ3n) is 4.60. The van der Waals surface area contributed by atoms with E-state index in [9.17, 15) is 0 Å². The summed E-state index contributed by atoms with van der Waals surface area (Å²) in [5, 5.41) is 2.18. The van der Waals surface area contributed by atoms with Gasteiger partial charge in [-0.2, -0.15) is 5.06 Å². The standard InChI is InChI=1S/C24H33NO/c1-8-20-14-16-22(17-15-20)23(18(2)3)25(24(5,6)7)26-19(4)21-12-10-9-11-13-21/h8-19,23H,1H2,2-7H3. The summed E-state index contributed by atoms with van der Waals surface area (Å²) in [5.74, 6) is 0.409. The summed E-state index contributed by atoms with van der Waals surface area (Å²) in [4.78, 5) is 6.55. The molecule has 0 amide bonds. The van der Waals surface area contributed by atoms with Gasteiger partial charge in [0.25, 0.3) is 0 Å². The summed E-state index contributed by atoms with van der Waals surface area (Å²) in [6.07, 6.45) is 1.87. The van der Waals surface area contributed by atoms with Crippen molar-refractivity contribution in [1.82, 2.24) is 5.06 Å². The van der Waals surface area contributed by atoms with Gasteiger partial charge in [-0.15, -0.1) is 0 Å². The molecule has 2 aromatic carbocycles. The fourth-order valence-corrected chi connectivity index (χ4v) is 3.22. The molecule has 0 aliphatic rings. The third-order valence-corrected chi connectivity index (χ3v) is 4.60. The maximum atomic E-state index is 6.55. The summed E-state index contributed by atoms with van der Waals surface area (Å²) in [7, 11) is 0. The summed E-state index contributed by atoms with van der Waals surface area (Å²) in [6.45, 7) is 17.1. The molecule has 0 N–H and O–H groups in total. The van der Waals surface area contributed by atoms with Crippen LogP contribution in [0.4, 0.5) is 0 Å². The Balaban J connectivity index is 2.36. The minimum absolute atomic E-state index is 0.0101. The molecule has 0 fully saturated rings. The van der Waals surface area contributed by atoms with E-state index in [4.69, 9.17) is 4.84 Å². The van der Waals surface area contributed by atoms with Crippen LogP contribution in [-0.2, 0) is 4.84 Å². The van der Waals surface area contributed by atoms with E-state index in [0.29, 0.717) is 5.92 Å². The maximum Gasteiger partial charge on any atom is 0.102 e. The maximum absolute atomic E-state index is 6.55. The number of hydroxylamine groups is 2. The minimum Gasteiger partial charge on any atom is -0.290 e. The lowest BCUT2D eigenvalue weighted by Crippen LogP contribution is -2.46. The van der Waals surface area contributed by atoms with Gasteiger partial charge in [0.15, 0.2) is 0 Å². The summed E-state index contributed by atoms with van der Waals surface area (Å²) < 4.78 is 0. The van der Waals surface area contributed by atoms with Crippen molar-refractivity contribution in [3.63, 3.8) is 0 Å². The molecule has 0 bridgehead atoms. The van der Waals surface area contributed by atoms with Crippen LogP contribution in [0.15, 0.2) is 61.2 Å². The first-order valence-electron chi connectivity index (χ1n) is 9.47. The van der Waals surface area contributed by atoms with E-state index in [1.54, 1.807) is 0 Å². The minimum atomic E-state index is -0.130. The van der Waals surface area contributed by atoms with Gasteiger partial charge in [0.1, 0.15) is 6.10 Å². The van der Waals surface area contributed by atoms with Gasteiger partial charge in [0.2, 0.25) is 0 Å². The fourth-order valence-electron chi connectivity index (χ4n) is 3.22. The van der Waals surface area contributed by atoms with Gasteiger partial charge in [0, 0.05) is 5.54 Å². The predicted molar refractivity (Wildman–Crippen MR) is 112 cm³/mol. The molecule has 0 radical (unpaired) electrons. The Bertz CT molecular complexity index is 682. The van der Waals surface area contributed by atoms with Gasteiger partial charge in [0.05, 0.1) is 6.04 Å². The van der Waals surface area contributed by atoms with E-state index >= 15 is 0 Å². The predicted octanol–water partition coefficient (Wildman–Crippen LogP) is 6.82. The molecule has 0 aliphatic heterocycles. The van der Waals surface area contributed by atoms with Gasteiger partial charge in [-0.25, -0.2) is 0 Å². The SMILES string of the molecule is C=Cc1ccc(C(C(C)C)N(OC(C)c2ccccc2)C(C)(C)C)cc1. The molecule has 2 nitrogen and oxygen atoms in total. The Labute approximate surface area is 159 Å². The number of benzene rings is 2. The molecule has 0 saturated carbocycles. The largest absolute Gasteiger partial charge is 0.290 e. The molecule has 2 atom stereocenters. The van der Waals surface area contributed by atoms with E-state index in [-0.39, 0.29) is 17.7 Å². The van der Waals surface area contributed by atoms with Crippen molar-refractivity contribution in [2.45, 2.75) is 59.2 Å². The van der Waals surface area contributed by atoms with E-state index in [1.807, 2.05) is 12.1 Å². The Morgan fingerprint density at radius 3 is 1.92 bits per heavy atom. The van der Waals surface area contributed by atoms with Crippen LogP contribution >= 0.6 is 0 Å². The monoisotopic (exact) mass is 351 g/mol. The van der Waals surface area contributed by atoms with Gasteiger partial charge in [-0.3, -0.25) is 4.84 Å². The van der Waals surface area contributed by atoms with E-state index in [0.717, 1.165) is 5.56 Å². The molecule has 2 rings (SSSR count). The first kappa shape index (κ1) is 20.4. The average molecular weight is 352 g/mol. The Morgan fingerprint density at radius 2 is 1.46 bits per heavy atom. The zero-order valence-corrected chi connectivity index (χ0v) is 17.1. The highest BCUT2D eigenvalue weighted by Crippen LogP contribution is 2.37. The van der Waals surface area contributed by atoms with Crippen molar-refractivity contribution in [2.24, 2.45) is 5.92 Å². The van der Waals surface area contributed by atoms with Crippen molar-refractivity contribution in [3.8, 4) is 0 Å². The average Bonchev–Trinajstić information content (AvgIpc) is 2.61. The molecule has 0 saturated heterocycles. The number of hydrogen-bond donors (Lipinski definition) is 0. The molecule has 2 heteroatoms. The van der Waals surface area contributed by atoms with Crippen LogP contribution in [0.1, 0.15) is 70.4 Å². The Morgan fingerprint density at radius 1 is 0.885 bits per heavy atom. The second-order valence-corrected chi connectivity index (χ2v) is 8.21. The van der Waals surface area contributed by atoms with Crippen molar-refractivity contribution in [1.29, 1.82) is 0 Å². The molecule has 0 spiro atoms. The third kappa shape index (κ3) is 5.06.